The maximum Gasteiger partial charge on any atom is 0.494 e. The highest BCUT2D eigenvalue weighted by Crippen LogP contribution is 2.37. The lowest BCUT2D eigenvalue weighted by atomic mass is 9.78. The van der Waals surface area contributed by atoms with E-state index < -0.39 is 18.3 Å². The van der Waals surface area contributed by atoms with Gasteiger partial charge < -0.3 is 13.7 Å². The van der Waals surface area contributed by atoms with E-state index in [9.17, 15) is 0 Å². The fourth-order valence-electron chi connectivity index (χ4n) is 5.00. The van der Waals surface area contributed by atoms with Crippen molar-refractivity contribution in [2.24, 2.45) is 0 Å². The van der Waals surface area contributed by atoms with E-state index in [-0.39, 0.29) is 0 Å². The first kappa shape index (κ1) is 24.7. The van der Waals surface area contributed by atoms with Gasteiger partial charge in [-0.3, -0.25) is 0 Å². The molecule has 0 unspecified atom stereocenters. The first-order valence-corrected chi connectivity index (χ1v) is 13.5. The van der Waals surface area contributed by atoms with Crippen LogP contribution in [0.3, 0.4) is 0 Å². The van der Waals surface area contributed by atoms with Crippen LogP contribution < -0.4 is 5.46 Å². The van der Waals surface area contributed by atoms with Gasteiger partial charge in [-0.25, -0.2) is 15.0 Å². The number of benzene rings is 4. The first-order valence-electron chi connectivity index (χ1n) is 13.5. The van der Waals surface area contributed by atoms with Gasteiger partial charge in [-0.15, -0.1) is 0 Å². The molecule has 1 aliphatic rings. The molecule has 7 rings (SSSR count). The molecule has 0 bridgehead atoms. The second kappa shape index (κ2) is 9.12. The van der Waals surface area contributed by atoms with Crippen molar-refractivity contribution < 1.29 is 13.7 Å². The van der Waals surface area contributed by atoms with E-state index in [2.05, 4.69) is 39.8 Å². The molecule has 1 saturated heterocycles. The predicted molar refractivity (Wildman–Crippen MR) is 159 cm³/mol. The van der Waals surface area contributed by atoms with Gasteiger partial charge in [0.2, 0.25) is 0 Å². The Morgan fingerprint density at radius 2 is 1.07 bits per heavy atom. The number of hydrogen-bond donors (Lipinski definition) is 0. The summed E-state index contributed by atoms with van der Waals surface area (Å²) < 4.78 is 18.9. The van der Waals surface area contributed by atoms with Crippen LogP contribution in [-0.4, -0.2) is 33.3 Å². The summed E-state index contributed by atoms with van der Waals surface area (Å²) in [4.78, 5) is 14.5. The average Bonchev–Trinajstić information content (AvgIpc) is 3.45. The summed E-state index contributed by atoms with van der Waals surface area (Å²) in [6.45, 7) is 8.25. The van der Waals surface area contributed by atoms with Gasteiger partial charge >= 0.3 is 7.12 Å². The Labute approximate surface area is 233 Å². The molecule has 0 N–H and O–H groups in total. The Hall–Kier alpha value is -4.33. The number of hydrogen-bond acceptors (Lipinski definition) is 6. The van der Waals surface area contributed by atoms with Crippen molar-refractivity contribution in [1.82, 2.24) is 15.0 Å². The lowest BCUT2D eigenvalue weighted by Crippen LogP contribution is -2.41. The van der Waals surface area contributed by atoms with Crippen molar-refractivity contribution in [1.29, 1.82) is 0 Å². The highest BCUT2D eigenvalue weighted by atomic mass is 16.7. The minimum Gasteiger partial charge on any atom is -0.456 e. The van der Waals surface area contributed by atoms with Crippen LogP contribution in [0.1, 0.15) is 27.7 Å². The first-order chi connectivity index (χ1) is 19.3. The number of rotatable bonds is 4. The minimum atomic E-state index is -0.434. The lowest BCUT2D eigenvalue weighted by Gasteiger charge is -2.32. The van der Waals surface area contributed by atoms with E-state index in [1.165, 1.54) is 0 Å². The normalized spacial score (nSPS) is 16.1. The standard InChI is InChI=1S/C33H28BN3O3/c1-32(2)33(3,4)40-34(39-32)24-16-18-27-26(20-24)25-17-15-23(19-28(25)38-27)31-36-29(21-11-7-5-8-12-21)35-30(37-31)22-13-9-6-10-14-22/h5-20H,1-4H3. The zero-order valence-corrected chi connectivity index (χ0v) is 22.9. The molecular weight excluding hydrogens is 497 g/mol. The summed E-state index contributed by atoms with van der Waals surface area (Å²) in [5.74, 6) is 1.84. The Balaban J connectivity index is 1.31. The van der Waals surface area contributed by atoms with Gasteiger partial charge in [0.15, 0.2) is 17.5 Å². The van der Waals surface area contributed by atoms with Gasteiger partial charge in [0.1, 0.15) is 11.2 Å². The van der Waals surface area contributed by atoms with Crippen LogP contribution in [0.5, 0.6) is 0 Å². The highest BCUT2D eigenvalue weighted by Gasteiger charge is 2.51. The van der Waals surface area contributed by atoms with Crippen LogP contribution >= 0.6 is 0 Å². The summed E-state index contributed by atoms with van der Waals surface area (Å²) >= 11 is 0. The molecule has 6 nitrogen and oxygen atoms in total. The molecule has 1 fully saturated rings. The molecule has 1 aliphatic heterocycles. The third-order valence-electron chi connectivity index (χ3n) is 7.98. The second-order valence-corrected chi connectivity index (χ2v) is 11.2. The van der Waals surface area contributed by atoms with Crippen LogP contribution in [0.25, 0.3) is 56.1 Å². The number of aromatic nitrogens is 3. The van der Waals surface area contributed by atoms with Crippen LogP contribution in [0.2, 0.25) is 0 Å². The smallest absolute Gasteiger partial charge is 0.456 e. The molecule has 3 heterocycles. The van der Waals surface area contributed by atoms with Crippen LogP contribution in [0.4, 0.5) is 0 Å². The molecule has 0 spiro atoms. The van der Waals surface area contributed by atoms with Gasteiger partial charge in [-0.05, 0) is 51.4 Å². The monoisotopic (exact) mass is 525 g/mol. The van der Waals surface area contributed by atoms with Gasteiger partial charge in [-0.2, -0.15) is 0 Å². The predicted octanol–water partition coefficient (Wildman–Crippen LogP) is 7.07. The van der Waals surface area contributed by atoms with Crippen molar-refractivity contribution in [2.75, 3.05) is 0 Å². The van der Waals surface area contributed by atoms with E-state index >= 15 is 0 Å². The summed E-state index contributed by atoms with van der Waals surface area (Å²) in [6.07, 6.45) is 0. The molecule has 2 aromatic heterocycles. The maximum atomic E-state index is 6.29. The molecule has 0 radical (unpaired) electrons. The topological polar surface area (TPSA) is 70.3 Å². The maximum absolute atomic E-state index is 6.29. The number of furan rings is 1. The van der Waals surface area contributed by atoms with E-state index in [1.54, 1.807) is 0 Å². The van der Waals surface area contributed by atoms with E-state index in [0.717, 1.165) is 44.1 Å². The molecule has 0 aliphatic carbocycles. The van der Waals surface area contributed by atoms with Gasteiger partial charge in [0.05, 0.1) is 11.2 Å². The largest absolute Gasteiger partial charge is 0.494 e. The van der Waals surface area contributed by atoms with E-state index in [0.29, 0.717) is 17.5 Å². The zero-order chi connectivity index (χ0) is 27.5. The average molecular weight is 525 g/mol. The Morgan fingerprint density at radius 1 is 0.525 bits per heavy atom. The quantitative estimate of drug-likeness (QED) is 0.229. The van der Waals surface area contributed by atoms with Gasteiger partial charge in [0, 0.05) is 27.5 Å². The van der Waals surface area contributed by atoms with Crippen molar-refractivity contribution in [2.45, 2.75) is 38.9 Å². The van der Waals surface area contributed by atoms with Gasteiger partial charge in [-0.1, -0.05) is 78.9 Å². The summed E-state index contributed by atoms with van der Waals surface area (Å²) in [7, 11) is -0.434. The third-order valence-corrected chi connectivity index (χ3v) is 7.98. The Bertz CT molecular complexity index is 1790. The van der Waals surface area contributed by atoms with Crippen LogP contribution in [0.15, 0.2) is 101 Å². The fraction of sp³-hybridized carbons (Fsp3) is 0.182. The fourth-order valence-corrected chi connectivity index (χ4v) is 5.00. The molecule has 40 heavy (non-hydrogen) atoms. The Morgan fingerprint density at radius 3 is 1.65 bits per heavy atom. The second-order valence-electron chi connectivity index (χ2n) is 11.2. The molecular formula is C33H28BN3O3. The van der Waals surface area contributed by atoms with Crippen LogP contribution in [-0.2, 0) is 9.31 Å². The summed E-state index contributed by atoms with van der Waals surface area (Å²) in [6, 6.07) is 32.2. The van der Waals surface area contributed by atoms with Crippen molar-refractivity contribution in [3.8, 4) is 34.2 Å². The molecule has 0 saturated carbocycles. The van der Waals surface area contributed by atoms with Gasteiger partial charge in [0.25, 0.3) is 0 Å². The number of nitrogens with zero attached hydrogens (tertiary/aromatic N) is 3. The molecule has 4 aromatic carbocycles. The van der Waals surface area contributed by atoms with E-state index in [1.807, 2.05) is 84.9 Å². The lowest BCUT2D eigenvalue weighted by molar-refractivity contribution is 0.00578. The Kier molecular flexibility index (Phi) is 5.63. The summed E-state index contributed by atoms with van der Waals surface area (Å²) in [5.41, 5.74) is 4.46. The number of fused-ring (bicyclic) bond motifs is 3. The van der Waals surface area contributed by atoms with Crippen molar-refractivity contribution >= 4 is 34.5 Å². The third kappa shape index (κ3) is 4.19. The molecule has 0 atom stereocenters. The molecule has 0 amide bonds. The summed E-state index contributed by atoms with van der Waals surface area (Å²) in [5, 5.41) is 2.03. The van der Waals surface area contributed by atoms with Crippen LogP contribution in [0, 0.1) is 0 Å². The van der Waals surface area contributed by atoms with Crippen molar-refractivity contribution in [3.63, 3.8) is 0 Å². The molecule has 6 aromatic rings. The SMILES string of the molecule is CC1(C)OB(c2ccc3oc4cc(-c5nc(-c6ccccc6)nc(-c6ccccc6)n5)ccc4c3c2)OC1(C)C. The van der Waals surface area contributed by atoms with Crippen molar-refractivity contribution in [3.05, 3.63) is 97.1 Å². The molecule has 196 valence electrons. The minimum absolute atomic E-state index is 0.401. The zero-order valence-electron chi connectivity index (χ0n) is 22.9. The molecule has 7 heteroatoms. The highest BCUT2D eigenvalue weighted by molar-refractivity contribution is 6.62. The van der Waals surface area contributed by atoms with E-state index in [4.69, 9.17) is 28.7 Å².